The van der Waals surface area contributed by atoms with Crippen molar-refractivity contribution in [2.75, 3.05) is 13.2 Å². The third-order valence-corrected chi connectivity index (χ3v) is 2.87. The number of hydrogen-bond acceptors (Lipinski definition) is 6. The Morgan fingerprint density at radius 3 is 1.95 bits per heavy atom. The van der Waals surface area contributed by atoms with Gasteiger partial charge in [0, 0.05) is 12.0 Å². The lowest BCUT2D eigenvalue weighted by Gasteiger charge is -2.13. The third kappa shape index (κ3) is 4.70. The van der Waals surface area contributed by atoms with Gasteiger partial charge >= 0.3 is 11.9 Å². The van der Waals surface area contributed by atoms with E-state index < -0.39 is 23.6 Å². The van der Waals surface area contributed by atoms with Gasteiger partial charge in [0.25, 0.3) is 0 Å². The zero-order valence-corrected chi connectivity index (χ0v) is 12.5. The quantitative estimate of drug-likeness (QED) is 0.433. The minimum atomic E-state index is -1.27. The van der Waals surface area contributed by atoms with Crippen LogP contribution in [0.2, 0.25) is 0 Å². The van der Waals surface area contributed by atoms with Gasteiger partial charge in [-0.3, -0.25) is 14.4 Å². The molecule has 0 amide bonds. The molecular formula is C16H17NO5. The molecule has 0 heterocycles. The predicted octanol–water partition coefficient (Wildman–Crippen LogP) is 1.87. The molecule has 6 nitrogen and oxygen atoms in total. The zero-order chi connectivity index (χ0) is 16.5. The molecule has 0 aliphatic carbocycles. The topological polar surface area (TPSA) is 93.5 Å². The summed E-state index contributed by atoms with van der Waals surface area (Å²) in [4.78, 5) is 35.8. The van der Waals surface area contributed by atoms with Crippen LogP contribution >= 0.6 is 0 Å². The number of carbonyl (C=O) groups excluding carboxylic acids is 3. The average molecular weight is 303 g/mol. The van der Waals surface area contributed by atoms with Gasteiger partial charge in [0.1, 0.15) is 0 Å². The van der Waals surface area contributed by atoms with Crippen LogP contribution in [-0.2, 0) is 19.1 Å². The van der Waals surface area contributed by atoms with Crippen molar-refractivity contribution in [2.24, 2.45) is 5.92 Å². The van der Waals surface area contributed by atoms with Gasteiger partial charge in [-0.1, -0.05) is 12.1 Å². The Morgan fingerprint density at radius 2 is 1.55 bits per heavy atom. The second-order valence-electron chi connectivity index (χ2n) is 4.37. The van der Waals surface area contributed by atoms with E-state index >= 15 is 0 Å². The van der Waals surface area contributed by atoms with E-state index in [0.717, 1.165) is 0 Å². The fourth-order valence-electron chi connectivity index (χ4n) is 1.78. The summed E-state index contributed by atoms with van der Waals surface area (Å²) < 4.78 is 9.62. The maximum Gasteiger partial charge on any atom is 0.320 e. The highest BCUT2D eigenvalue weighted by molar-refractivity contribution is 6.04. The maximum atomic E-state index is 12.2. The van der Waals surface area contributed by atoms with Gasteiger partial charge in [-0.05, 0) is 26.0 Å². The number of Topliss-reactive ketones (excluding diaryl/α,β-unsaturated/α-hetero) is 1. The number of ketones is 1. The molecule has 0 aliphatic heterocycles. The van der Waals surface area contributed by atoms with E-state index in [4.69, 9.17) is 14.7 Å². The lowest BCUT2D eigenvalue weighted by atomic mass is 9.97. The van der Waals surface area contributed by atoms with E-state index in [1.165, 1.54) is 24.3 Å². The Morgan fingerprint density at radius 1 is 1.05 bits per heavy atom. The molecule has 1 aromatic rings. The fourth-order valence-corrected chi connectivity index (χ4v) is 1.78. The van der Waals surface area contributed by atoms with Gasteiger partial charge in [0.05, 0.1) is 24.8 Å². The van der Waals surface area contributed by atoms with Crippen LogP contribution in [0.3, 0.4) is 0 Å². The van der Waals surface area contributed by atoms with Crippen molar-refractivity contribution < 1.29 is 23.9 Å². The summed E-state index contributed by atoms with van der Waals surface area (Å²) in [5.74, 6) is -3.22. The number of nitrogens with zero attached hydrogens (tertiary/aromatic N) is 1. The highest BCUT2D eigenvalue weighted by Gasteiger charge is 2.32. The lowest BCUT2D eigenvalue weighted by molar-refractivity contribution is -0.161. The summed E-state index contributed by atoms with van der Waals surface area (Å²) in [6.07, 6.45) is -0.330. The van der Waals surface area contributed by atoms with Gasteiger partial charge in [-0.2, -0.15) is 5.26 Å². The monoisotopic (exact) mass is 303 g/mol. The van der Waals surface area contributed by atoms with Crippen molar-refractivity contribution in [2.45, 2.75) is 20.3 Å². The van der Waals surface area contributed by atoms with E-state index in [-0.39, 0.29) is 19.6 Å². The molecule has 22 heavy (non-hydrogen) atoms. The molecule has 0 aliphatic rings. The van der Waals surface area contributed by atoms with Crippen molar-refractivity contribution in [3.05, 3.63) is 35.4 Å². The predicted molar refractivity (Wildman–Crippen MR) is 76.9 cm³/mol. The first-order chi connectivity index (χ1) is 10.5. The van der Waals surface area contributed by atoms with E-state index in [0.29, 0.717) is 11.1 Å². The SMILES string of the molecule is CCOC(=O)C(CC(=O)c1ccc(C#N)cc1)C(=O)OCC. The second kappa shape index (κ2) is 8.57. The van der Waals surface area contributed by atoms with E-state index in [9.17, 15) is 14.4 Å². The molecule has 0 N–H and O–H groups in total. The molecule has 0 atom stereocenters. The number of benzene rings is 1. The molecule has 0 saturated heterocycles. The summed E-state index contributed by atoms with van der Waals surface area (Å²) in [6, 6.07) is 7.90. The zero-order valence-electron chi connectivity index (χ0n) is 12.5. The largest absolute Gasteiger partial charge is 0.465 e. The van der Waals surface area contributed by atoms with Crippen molar-refractivity contribution in [1.29, 1.82) is 5.26 Å². The van der Waals surface area contributed by atoms with Crippen molar-refractivity contribution in [3.8, 4) is 6.07 Å². The summed E-state index contributed by atoms with van der Waals surface area (Å²) in [5.41, 5.74) is 0.737. The molecule has 116 valence electrons. The molecule has 0 bridgehead atoms. The van der Waals surface area contributed by atoms with Crippen LogP contribution in [-0.4, -0.2) is 30.9 Å². The molecular weight excluding hydrogens is 286 g/mol. The van der Waals surface area contributed by atoms with Crippen LogP contribution in [0.1, 0.15) is 36.2 Å². The van der Waals surface area contributed by atoms with E-state index in [1.54, 1.807) is 13.8 Å². The van der Waals surface area contributed by atoms with Gasteiger partial charge in [0.2, 0.25) is 0 Å². The average Bonchev–Trinajstić information content (AvgIpc) is 2.52. The molecule has 1 aromatic carbocycles. The fraction of sp³-hybridized carbons (Fsp3) is 0.375. The van der Waals surface area contributed by atoms with Crippen LogP contribution in [0, 0.1) is 17.2 Å². The normalized spacial score (nSPS) is 9.91. The molecule has 0 radical (unpaired) electrons. The Labute approximate surface area is 128 Å². The summed E-state index contributed by atoms with van der Waals surface area (Å²) in [7, 11) is 0. The molecule has 0 unspecified atom stereocenters. The standard InChI is InChI=1S/C16H17NO5/c1-3-21-15(19)13(16(20)22-4-2)9-14(18)12-7-5-11(10-17)6-8-12/h5-8,13H,3-4,9H2,1-2H3. The smallest absolute Gasteiger partial charge is 0.320 e. The van der Waals surface area contributed by atoms with E-state index in [2.05, 4.69) is 0 Å². The number of esters is 2. The number of hydrogen-bond donors (Lipinski definition) is 0. The van der Waals surface area contributed by atoms with Gasteiger partial charge in [-0.15, -0.1) is 0 Å². The Bertz CT molecular complexity index is 568. The first kappa shape index (κ1) is 17.4. The second-order valence-corrected chi connectivity index (χ2v) is 4.37. The molecule has 0 fully saturated rings. The molecule has 0 aromatic heterocycles. The highest BCUT2D eigenvalue weighted by Crippen LogP contribution is 2.15. The Kier molecular flexibility index (Phi) is 6.77. The van der Waals surface area contributed by atoms with Gasteiger partial charge in [0.15, 0.2) is 11.7 Å². The van der Waals surface area contributed by atoms with Crippen LogP contribution < -0.4 is 0 Å². The van der Waals surface area contributed by atoms with Crippen molar-refractivity contribution in [1.82, 2.24) is 0 Å². The number of ether oxygens (including phenoxy) is 2. The number of carbonyl (C=O) groups is 3. The van der Waals surface area contributed by atoms with Crippen LogP contribution in [0.25, 0.3) is 0 Å². The summed E-state index contributed by atoms with van der Waals surface area (Å²) in [5, 5.41) is 8.72. The lowest BCUT2D eigenvalue weighted by Crippen LogP contribution is -2.30. The third-order valence-electron chi connectivity index (χ3n) is 2.87. The number of rotatable bonds is 7. The Balaban J connectivity index is 2.87. The Hall–Kier alpha value is -2.68. The van der Waals surface area contributed by atoms with Crippen molar-refractivity contribution in [3.63, 3.8) is 0 Å². The van der Waals surface area contributed by atoms with E-state index in [1.807, 2.05) is 6.07 Å². The summed E-state index contributed by atoms with van der Waals surface area (Å²) in [6.45, 7) is 3.45. The minimum absolute atomic E-state index is 0.111. The van der Waals surface area contributed by atoms with Crippen molar-refractivity contribution >= 4 is 17.7 Å². The summed E-state index contributed by atoms with van der Waals surface area (Å²) >= 11 is 0. The van der Waals surface area contributed by atoms with Crippen LogP contribution in [0.5, 0.6) is 0 Å². The molecule has 0 saturated carbocycles. The molecule has 6 heteroatoms. The molecule has 1 rings (SSSR count). The highest BCUT2D eigenvalue weighted by atomic mass is 16.6. The first-order valence-electron chi connectivity index (χ1n) is 6.90. The first-order valence-corrected chi connectivity index (χ1v) is 6.90. The van der Waals surface area contributed by atoms with Gasteiger partial charge in [-0.25, -0.2) is 0 Å². The maximum absolute atomic E-state index is 12.2. The number of nitriles is 1. The van der Waals surface area contributed by atoms with Crippen LogP contribution in [0.15, 0.2) is 24.3 Å². The minimum Gasteiger partial charge on any atom is -0.465 e. The van der Waals surface area contributed by atoms with Crippen LogP contribution in [0.4, 0.5) is 0 Å². The van der Waals surface area contributed by atoms with Gasteiger partial charge < -0.3 is 9.47 Å². The molecule has 0 spiro atoms.